The Morgan fingerprint density at radius 2 is 1.46 bits per heavy atom. The summed E-state index contributed by atoms with van der Waals surface area (Å²) in [4.78, 5) is 12.2. The van der Waals surface area contributed by atoms with Crippen LogP contribution in [-0.4, -0.2) is 33.7 Å². The summed E-state index contributed by atoms with van der Waals surface area (Å²) in [6.45, 7) is 0.0955. The fourth-order valence-electron chi connectivity index (χ4n) is 2.48. The first kappa shape index (κ1) is 18.2. The third-order valence-corrected chi connectivity index (χ3v) is 5.16. The van der Waals surface area contributed by atoms with E-state index >= 15 is 0 Å². The molecule has 0 aliphatic rings. The van der Waals surface area contributed by atoms with Crippen LogP contribution in [-0.2, 0) is 14.8 Å². The molecule has 0 aliphatic carbocycles. The highest BCUT2D eigenvalue weighted by Crippen LogP contribution is 2.27. The number of nitrogens with one attached hydrogen (secondary N) is 2. The molecule has 6 heteroatoms. The molecule has 0 radical (unpaired) electrons. The van der Waals surface area contributed by atoms with E-state index in [1.807, 2.05) is 60.7 Å². The third kappa shape index (κ3) is 5.47. The minimum absolute atomic E-state index is 0.0618. The van der Waals surface area contributed by atoms with Crippen molar-refractivity contribution >= 4 is 15.9 Å². The topological polar surface area (TPSA) is 75.3 Å². The van der Waals surface area contributed by atoms with Gasteiger partial charge in [0.1, 0.15) is 0 Å². The SMILES string of the molecule is CNS(=O)(=O)CCNC(=O)CC(c1ccccc1)c1ccccc1. The van der Waals surface area contributed by atoms with Gasteiger partial charge in [0, 0.05) is 18.9 Å². The summed E-state index contributed by atoms with van der Waals surface area (Å²) < 4.78 is 25.0. The van der Waals surface area contributed by atoms with Crippen LogP contribution in [0.3, 0.4) is 0 Å². The largest absolute Gasteiger partial charge is 0.355 e. The van der Waals surface area contributed by atoms with Gasteiger partial charge in [0.05, 0.1) is 5.75 Å². The molecule has 0 fully saturated rings. The molecular formula is C18H22N2O3S. The Labute approximate surface area is 143 Å². The van der Waals surface area contributed by atoms with Crippen LogP contribution >= 0.6 is 0 Å². The zero-order chi connectivity index (χ0) is 17.4. The van der Waals surface area contributed by atoms with Crippen molar-refractivity contribution in [3.63, 3.8) is 0 Å². The van der Waals surface area contributed by atoms with Crippen LogP contribution in [0.1, 0.15) is 23.5 Å². The van der Waals surface area contributed by atoms with Crippen LogP contribution in [0.25, 0.3) is 0 Å². The lowest BCUT2D eigenvalue weighted by Gasteiger charge is -2.18. The summed E-state index contributed by atoms with van der Waals surface area (Å²) in [5.74, 6) is -0.358. The van der Waals surface area contributed by atoms with Crippen molar-refractivity contribution < 1.29 is 13.2 Å². The zero-order valence-corrected chi connectivity index (χ0v) is 14.4. The molecule has 2 aromatic rings. The molecule has 24 heavy (non-hydrogen) atoms. The molecule has 0 spiro atoms. The molecular weight excluding hydrogens is 324 g/mol. The van der Waals surface area contributed by atoms with Crippen molar-refractivity contribution in [3.05, 3.63) is 71.8 Å². The number of amides is 1. The van der Waals surface area contributed by atoms with Gasteiger partial charge in [0.25, 0.3) is 0 Å². The maximum atomic E-state index is 12.2. The van der Waals surface area contributed by atoms with Gasteiger partial charge in [-0.15, -0.1) is 0 Å². The van der Waals surface area contributed by atoms with E-state index in [1.54, 1.807) is 0 Å². The van der Waals surface area contributed by atoms with E-state index in [9.17, 15) is 13.2 Å². The van der Waals surface area contributed by atoms with Crippen molar-refractivity contribution in [1.82, 2.24) is 10.0 Å². The summed E-state index contributed by atoms with van der Waals surface area (Å²) in [5.41, 5.74) is 2.11. The molecule has 0 saturated heterocycles. The minimum atomic E-state index is -3.31. The van der Waals surface area contributed by atoms with E-state index in [0.717, 1.165) is 11.1 Å². The van der Waals surface area contributed by atoms with Gasteiger partial charge in [0.2, 0.25) is 15.9 Å². The van der Waals surface area contributed by atoms with E-state index in [2.05, 4.69) is 10.0 Å². The standard InChI is InChI=1S/C18H22N2O3S/c1-19-24(22,23)13-12-20-18(21)14-17(15-8-4-2-5-9-15)16-10-6-3-7-11-16/h2-11,17,19H,12-14H2,1H3,(H,20,21). The Balaban J connectivity index is 2.05. The van der Waals surface area contributed by atoms with Crippen molar-refractivity contribution in [2.24, 2.45) is 0 Å². The quantitative estimate of drug-likeness (QED) is 0.766. The second-order valence-electron chi connectivity index (χ2n) is 5.45. The Morgan fingerprint density at radius 1 is 0.958 bits per heavy atom. The van der Waals surface area contributed by atoms with Crippen LogP contribution in [0.2, 0.25) is 0 Å². The monoisotopic (exact) mass is 346 g/mol. The number of carbonyl (C=O) groups excluding carboxylic acids is 1. The Hall–Kier alpha value is -2.18. The van der Waals surface area contributed by atoms with Crippen LogP contribution < -0.4 is 10.0 Å². The molecule has 0 heterocycles. The van der Waals surface area contributed by atoms with E-state index in [0.29, 0.717) is 0 Å². The molecule has 0 unspecified atom stereocenters. The van der Waals surface area contributed by atoms with E-state index < -0.39 is 10.0 Å². The van der Waals surface area contributed by atoms with E-state index in [4.69, 9.17) is 0 Å². The highest BCUT2D eigenvalue weighted by Gasteiger charge is 2.18. The van der Waals surface area contributed by atoms with Crippen molar-refractivity contribution in [1.29, 1.82) is 0 Å². The second-order valence-corrected chi connectivity index (χ2v) is 7.50. The van der Waals surface area contributed by atoms with E-state index in [-0.39, 0.29) is 30.5 Å². The molecule has 2 N–H and O–H groups in total. The molecule has 0 atom stereocenters. The number of hydrogen-bond donors (Lipinski definition) is 2. The average Bonchev–Trinajstić information content (AvgIpc) is 2.61. The zero-order valence-electron chi connectivity index (χ0n) is 13.6. The molecule has 2 rings (SSSR count). The maximum absolute atomic E-state index is 12.2. The van der Waals surface area contributed by atoms with Gasteiger partial charge in [-0.1, -0.05) is 60.7 Å². The Morgan fingerprint density at radius 3 is 1.92 bits per heavy atom. The first-order valence-electron chi connectivity index (χ1n) is 7.79. The van der Waals surface area contributed by atoms with Gasteiger partial charge in [-0.3, -0.25) is 4.79 Å². The summed E-state index contributed by atoms with van der Waals surface area (Å²) >= 11 is 0. The van der Waals surface area contributed by atoms with Gasteiger partial charge < -0.3 is 5.32 Å². The number of sulfonamides is 1. The highest BCUT2D eigenvalue weighted by atomic mass is 32.2. The smallest absolute Gasteiger partial charge is 0.220 e. The predicted octanol–water partition coefficient (Wildman–Crippen LogP) is 1.87. The maximum Gasteiger partial charge on any atom is 0.220 e. The summed E-state index contributed by atoms with van der Waals surface area (Å²) in [6.07, 6.45) is 0.271. The Bertz CT molecular complexity index is 707. The third-order valence-electron chi connectivity index (χ3n) is 3.80. The van der Waals surface area contributed by atoms with Crippen molar-refractivity contribution in [2.45, 2.75) is 12.3 Å². The van der Waals surface area contributed by atoms with Crippen molar-refractivity contribution in [3.8, 4) is 0 Å². The molecule has 0 aromatic heterocycles. The molecule has 0 aliphatic heterocycles. The molecule has 128 valence electrons. The molecule has 5 nitrogen and oxygen atoms in total. The van der Waals surface area contributed by atoms with E-state index in [1.165, 1.54) is 7.05 Å². The first-order chi connectivity index (χ1) is 11.5. The molecule has 0 bridgehead atoms. The fraction of sp³-hybridized carbons (Fsp3) is 0.278. The minimum Gasteiger partial charge on any atom is -0.355 e. The number of rotatable bonds is 8. The van der Waals surface area contributed by atoms with Crippen LogP contribution in [0.4, 0.5) is 0 Å². The van der Waals surface area contributed by atoms with Crippen LogP contribution in [0.15, 0.2) is 60.7 Å². The fourth-order valence-corrected chi connectivity index (χ4v) is 3.06. The van der Waals surface area contributed by atoms with Gasteiger partial charge >= 0.3 is 0 Å². The van der Waals surface area contributed by atoms with Gasteiger partial charge in [0.15, 0.2) is 0 Å². The first-order valence-corrected chi connectivity index (χ1v) is 9.45. The summed E-state index contributed by atoms with van der Waals surface area (Å²) in [6, 6.07) is 19.7. The average molecular weight is 346 g/mol. The number of benzene rings is 2. The second kappa shape index (κ2) is 8.61. The lowest BCUT2D eigenvalue weighted by Crippen LogP contribution is -2.33. The van der Waals surface area contributed by atoms with Gasteiger partial charge in [-0.2, -0.15) is 0 Å². The van der Waals surface area contributed by atoms with Crippen molar-refractivity contribution in [2.75, 3.05) is 19.3 Å². The Kier molecular flexibility index (Phi) is 6.52. The number of carbonyl (C=O) groups is 1. The highest BCUT2D eigenvalue weighted by molar-refractivity contribution is 7.89. The lowest BCUT2D eigenvalue weighted by atomic mass is 9.88. The van der Waals surface area contributed by atoms with Gasteiger partial charge in [-0.05, 0) is 18.2 Å². The summed E-state index contributed by atoms with van der Waals surface area (Å²) in [7, 11) is -1.95. The van der Waals surface area contributed by atoms with Crippen LogP contribution in [0.5, 0.6) is 0 Å². The predicted molar refractivity (Wildman–Crippen MR) is 95.2 cm³/mol. The number of hydrogen-bond acceptors (Lipinski definition) is 3. The molecule has 1 amide bonds. The molecule has 2 aromatic carbocycles. The summed E-state index contributed by atoms with van der Waals surface area (Å²) in [5, 5.41) is 2.68. The van der Waals surface area contributed by atoms with Crippen LogP contribution in [0, 0.1) is 0 Å². The van der Waals surface area contributed by atoms with Gasteiger partial charge in [-0.25, -0.2) is 13.1 Å². The lowest BCUT2D eigenvalue weighted by molar-refractivity contribution is -0.121. The molecule has 0 saturated carbocycles. The normalized spacial score (nSPS) is 11.4.